The van der Waals surface area contributed by atoms with Gasteiger partial charge >= 0.3 is 0 Å². The van der Waals surface area contributed by atoms with Crippen LogP contribution in [0.25, 0.3) is 89.4 Å². The minimum absolute atomic E-state index is 0.702. The van der Waals surface area contributed by atoms with Crippen molar-refractivity contribution in [3.8, 4) is 50.7 Å². The molecule has 0 N–H and O–H groups in total. The van der Waals surface area contributed by atoms with Gasteiger partial charge in [-0.05, 0) is 76.2 Å². The predicted molar refractivity (Wildman–Crippen MR) is 213 cm³/mol. The van der Waals surface area contributed by atoms with Gasteiger partial charge in [0.25, 0.3) is 0 Å². The van der Waals surface area contributed by atoms with Crippen molar-refractivity contribution in [1.82, 2.24) is 14.5 Å². The lowest BCUT2D eigenvalue weighted by atomic mass is 9.86. The van der Waals surface area contributed by atoms with Gasteiger partial charge in [0.05, 0.1) is 22.4 Å². The van der Waals surface area contributed by atoms with E-state index in [1.807, 2.05) is 12.1 Å². The summed E-state index contributed by atoms with van der Waals surface area (Å²) in [4.78, 5) is 10.3. The summed E-state index contributed by atoms with van der Waals surface area (Å²) in [5.74, 6) is 0.702. The Morgan fingerprint density at radius 2 is 1.14 bits per heavy atom. The quantitative estimate of drug-likeness (QED) is 0.185. The molecule has 0 amide bonds. The van der Waals surface area contributed by atoms with Gasteiger partial charge in [-0.25, -0.2) is 9.97 Å². The van der Waals surface area contributed by atoms with Crippen LogP contribution in [0.4, 0.5) is 0 Å². The highest BCUT2D eigenvalue weighted by atomic mass is 15.0. The van der Waals surface area contributed by atoms with E-state index in [-0.39, 0.29) is 0 Å². The monoisotopic (exact) mass is 651 g/mol. The highest BCUT2D eigenvalue weighted by Crippen LogP contribution is 2.44. The maximum absolute atomic E-state index is 5.17. The fourth-order valence-corrected chi connectivity index (χ4v) is 7.92. The molecule has 9 aromatic rings. The standard InChI is InChI=1S/C48H33N3/c1-4-15-32(16-5-1)41-30-45-47(40-26-13-12-25-39(40)41)46-38-24-11-10-17-33(38)27-28-44(46)51(45)37-23-14-22-36(29-37)48-49-42(34-18-6-2-7-19-34)31-43(50-48)35-20-8-3-9-21-35/h1-11,13-24,26-31H,12,25H2. The van der Waals surface area contributed by atoms with Crippen molar-refractivity contribution in [1.29, 1.82) is 0 Å². The summed E-state index contributed by atoms with van der Waals surface area (Å²) >= 11 is 0. The molecular formula is C48H33N3. The first-order valence-electron chi connectivity index (χ1n) is 17.6. The molecule has 1 aliphatic rings. The zero-order valence-electron chi connectivity index (χ0n) is 28.0. The number of rotatable bonds is 5. The first-order chi connectivity index (χ1) is 25.3. The number of nitrogens with zero attached hydrogens (tertiary/aromatic N) is 3. The average molecular weight is 652 g/mol. The summed E-state index contributed by atoms with van der Waals surface area (Å²) in [5.41, 5.74) is 13.7. The molecule has 0 unspecified atom stereocenters. The Hall–Kier alpha value is -6.58. The van der Waals surface area contributed by atoms with Gasteiger partial charge in [0, 0.05) is 33.2 Å². The molecular weight excluding hydrogens is 619 g/mol. The van der Waals surface area contributed by atoms with Crippen molar-refractivity contribution in [3.63, 3.8) is 0 Å². The van der Waals surface area contributed by atoms with Crippen molar-refractivity contribution >= 4 is 38.7 Å². The van der Waals surface area contributed by atoms with Gasteiger partial charge in [-0.3, -0.25) is 0 Å². The van der Waals surface area contributed by atoms with Gasteiger partial charge in [0.15, 0.2) is 5.82 Å². The molecule has 0 bridgehead atoms. The third-order valence-electron chi connectivity index (χ3n) is 10.3. The van der Waals surface area contributed by atoms with E-state index >= 15 is 0 Å². The maximum atomic E-state index is 5.17. The average Bonchev–Trinajstić information content (AvgIpc) is 3.56. The Balaban J connectivity index is 1.26. The van der Waals surface area contributed by atoms with Gasteiger partial charge < -0.3 is 4.57 Å². The van der Waals surface area contributed by atoms with Crippen LogP contribution < -0.4 is 0 Å². The van der Waals surface area contributed by atoms with Crippen LogP contribution >= 0.6 is 0 Å². The van der Waals surface area contributed by atoms with Crippen LogP contribution in [0.2, 0.25) is 0 Å². The van der Waals surface area contributed by atoms with E-state index in [0.29, 0.717) is 5.82 Å². The summed E-state index contributed by atoms with van der Waals surface area (Å²) in [6, 6.07) is 58.2. The molecule has 0 spiro atoms. The van der Waals surface area contributed by atoms with Gasteiger partial charge in [0.1, 0.15) is 0 Å². The largest absolute Gasteiger partial charge is 0.309 e. The zero-order valence-corrected chi connectivity index (χ0v) is 28.0. The number of hydrogen-bond donors (Lipinski definition) is 0. The summed E-state index contributed by atoms with van der Waals surface area (Å²) in [6.07, 6.45) is 6.78. The molecule has 0 atom stereocenters. The molecule has 2 heterocycles. The second kappa shape index (κ2) is 12.1. The molecule has 240 valence electrons. The van der Waals surface area contributed by atoms with Crippen LogP contribution in [0.15, 0.2) is 170 Å². The molecule has 0 saturated heterocycles. The highest BCUT2D eigenvalue weighted by molar-refractivity contribution is 6.24. The number of fused-ring (bicyclic) bond motifs is 7. The van der Waals surface area contributed by atoms with Crippen molar-refractivity contribution in [2.45, 2.75) is 12.8 Å². The molecule has 10 rings (SSSR count). The van der Waals surface area contributed by atoms with E-state index in [1.165, 1.54) is 54.8 Å². The van der Waals surface area contributed by atoms with Gasteiger partial charge in [-0.15, -0.1) is 0 Å². The van der Waals surface area contributed by atoms with Crippen molar-refractivity contribution in [2.24, 2.45) is 0 Å². The Bertz CT molecular complexity index is 2720. The third kappa shape index (κ3) is 4.97. The predicted octanol–water partition coefficient (Wildman–Crippen LogP) is 12.4. The van der Waals surface area contributed by atoms with Gasteiger partial charge in [-0.1, -0.05) is 146 Å². The molecule has 2 aromatic heterocycles. The smallest absolute Gasteiger partial charge is 0.160 e. The van der Waals surface area contributed by atoms with E-state index < -0.39 is 0 Å². The van der Waals surface area contributed by atoms with E-state index in [4.69, 9.17) is 9.97 Å². The Morgan fingerprint density at radius 1 is 0.490 bits per heavy atom. The highest BCUT2D eigenvalue weighted by Gasteiger charge is 2.23. The lowest BCUT2D eigenvalue weighted by Gasteiger charge is -2.19. The van der Waals surface area contributed by atoms with Gasteiger partial charge in [0.2, 0.25) is 0 Å². The molecule has 3 heteroatoms. The molecule has 0 aliphatic heterocycles. The molecule has 7 aromatic carbocycles. The SMILES string of the molecule is C1=Cc2c(c(-c3ccccc3)cc3c2c2c4ccccc4ccc2n3-c2cccc(-c3nc(-c4ccccc4)cc(-c4ccccc4)n3)c2)CC1. The van der Waals surface area contributed by atoms with E-state index in [1.54, 1.807) is 0 Å². The summed E-state index contributed by atoms with van der Waals surface area (Å²) in [7, 11) is 0. The molecule has 3 nitrogen and oxygen atoms in total. The van der Waals surface area contributed by atoms with Crippen LogP contribution in [-0.4, -0.2) is 14.5 Å². The topological polar surface area (TPSA) is 30.7 Å². The van der Waals surface area contributed by atoms with Crippen molar-refractivity contribution < 1.29 is 0 Å². The van der Waals surface area contributed by atoms with Crippen LogP contribution in [0.3, 0.4) is 0 Å². The third-order valence-corrected chi connectivity index (χ3v) is 10.3. The number of allylic oxidation sites excluding steroid dienone is 1. The molecule has 0 saturated carbocycles. The molecule has 0 radical (unpaired) electrons. The lowest BCUT2D eigenvalue weighted by Crippen LogP contribution is -2.01. The summed E-state index contributed by atoms with van der Waals surface area (Å²) < 4.78 is 2.45. The van der Waals surface area contributed by atoms with Crippen LogP contribution in [0, 0.1) is 0 Å². The van der Waals surface area contributed by atoms with Crippen molar-refractivity contribution in [3.05, 3.63) is 181 Å². The summed E-state index contributed by atoms with van der Waals surface area (Å²) in [5, 5.41) is 5.13. The maximum Gasteiger partial charge on any atom is 0.160 e. The Labute approximate surface area is 296 Å². The van der Waals surface area contributed by atoms with Crippen molar-refractivity contribution in [2.75, 3.05) is 0 Å². The first kappa shape index (κ1) is 29.3. The lowest BCUT2D eigenvalue weighted by molar-refractivity contribution is 0.991. The van der Waals surface area contributed by atoms with E-state index in [0.717, 1.165) is 46.6 Å². The fraction of sp³-hybridized carbons (Fsp3) is 0.0417. The zero-order chi connectivity index (χ0) is 33.7. The van der Waals surface area contributed by atoms with Crippen LogP contribution in [0.5, 0.6) is 0 Å². The summed E-state index contributed by atoms with van der Waals surface area (Å²) in [6.45, 7) is 0. The van der Waals surface area contributed by atoms with Gasteiger partial charge in [-0.2, -0.15) is 0 Å². The Kier molecular flexibility index (Phi) is 6.95. The second-order valence-electron chi connectivity index (χ2n) is 13.3. The number of hydrogen-bond acceptors (Lipinski definition) is 2. The fourth-order valence-electron chi connectivity index (χ4n) is 7.92. The van der Waals surface area contributed by atoms with Crippen LogP contribution in [0.1, 0.15) is 17.5 Å². The van der Waals surface area contributed by atoms with E-state index in [9.17, 15) is 0 Å². The van der Waals surface area contributed by atoms with E-state index in [2.05, 4.69) is 168 Å². The molecule has 0 fully saturated rings. The number of benzene rings is 7. The first-order valence-corrected chi connectivity index (χ1v) is 17.6. The van der Waals surface area contributed by atoms with Crippen LogP contribution in [-0.2, 0) is 6.42 Å². The number of aromatic nitrogens is 3. The second-order valence-corrected chi connectivity index (χ2v) is 13.3. The molecule has 1 aliphatic carbocycles. The Morgan fingerprint density at radius 3 is 1.86 bits per heavy atom. The minimum atomic E-state index is 0.702. The molecule has 51 heavy (non-hydrogen) atoms. The minimum Gasteiger partial charge on any atom is -0.309 e. The normalized spacial score (nSPS) is 12.5.